The highest BCUT2D eigenvalue weighted by molar-refractivity contribution is 4.84. The quantitative estimate of drug-likeness (QED) is 0.734. The highest BCUT2D eigenvalue weighted by atomic mass is 15.3. The summed E-state index contributed by atoms with van der Waals surface area (Å²) in [5, 5.41) is 3.57. The highest BCUT2D eigenvalue weighted by Gasteiger charge is 2.28. The normalized spacial score (nSPS) is 21.2. The third-order valence-corrected chi connectivity index (χ3v) is 4.06. The van der Waals surface area contributed by atoms with E-state index in [1.54, 1.807) is 0 Å². The summed E-state index contributed by atoms with van der Waals surface area (Å²) in [7, 11) is 0. The van der Waals surface area contributed by atoms with Crippen molar-refractivity contribution in [2.75, 3.05) is 39.3 Å². The lowest BCUT2D eigenvalue weighted by atomic mass is 10.0. The van der Waals surface area contributed by atoms with Gasteiger partial charge in [-0.15, -0.1) is 0 Å². The van der Waals surface area contributed by atoms with Gasteiger partial charge in [-0.3, -0.25) is 9.80 Å². The van der Waals surface area contributed by atoms with Gasteiger partial charge < -0.3 is 5.32 Å². The molecule has 1 heterocycles. The third-order valence-electron chi connectivity index (χ3n) is 4.06. The van der Waals surface area contributed by atoms with E-state index < -0.39 is 0 Å². The van der Waals surface area contributed by atoms with Crippen LogP contribution in [0, 0.1) is 0 Å². The summed E-state index contributed by atoms with van der Waals surface area (Å²) >= 11 is 0. The number of nitrogens with zero attached hydrogens (tertiary/aromatic N) is 2. The van der Waals surface area contributed by atoms with Gasteiger partial charge in [0.15, 0.2) is 0 Å². The maximum Gasteiger partial charge on any atom is 0.0219 e. The van der Waals surface area contributed by atoms with Crippen LogP contribution in [0.3, 0.4) is 0 Å². The van der Waals surface area contributed by atoms with Crippen LogP contribution in [-0.2, 0) is 0 Å². The second-order valence-electron chi connectivity index (χ2n) is 6.46. The summed E-state index contributed by atoms with van der Waals surface area (Å²) in [5.74, 6) is 0. The van der Waals surface area contributed by atoms with E-state index in [1.165, 1.54) is 39.0 Å². The first-order valence-electron chi connectivity index (χ1n) is 7.68. The predicted molar refractivity (Wildman–Crippen MR) is 80.1 cm³/mol. The summed E-state index contributed by atoms with van der Waals surface area (Å²) in [4.78, 5) is 5.28. The molecule has 1 rings (SSSR count). The van der Waals surface area contributed by atoms with Crippen LogP contribution >= 0.6 is 0 Å². The van der Waals surface area contributed by atoms with Crippen molar-refractivity contribution < 1.29 is 0 Å². The van der Waals surface area contributed by atoms with Crippen LogP contribution in [0.15, 0.2) is 0 Å². The fourth-order valence-corrected chi connectivity index (χ4v) is 2.73. The van der Waals surface area contributed by atoms with Gasteiger partial charge in [-0.1, -0.05) is 13.8 Å². The molecule has 0 aromatic rings. The highest BCUT2D eigenvalue weighted by Crippen LogP contribution is 2.17. The van der Waals surface area contributed by atoms with Crippen molar-refractivity contribution in [2.45, 2.75) is 59.0 Å². The molecule has 0 radical (unpaired) electrons. The summed E-state index contributed by atoms with van der Waals surface area (Å²) < 4.78 is 0. The average molecular weight is 255 g/mol. The molecule has 0 saturated carbocycles. The van der Waals surface area contributed by atoms with E-state index >= 15 is 0 Å². The van der Waals surface area contributed by atoms with E-state index in [4.69, 9.17) is 0 Å². The van der Waals surface area contributed by atoms with Gasteiger partial charge in [0, 0.05) is 44.3 Å². The molecular formula is C15H33N3. The molecule has 1 N–H and O–H groups in total. The van der Waals surface area contributed by atoms with Gasteiger partial charge in [-0.25, -0.2) is 0 Å². The average Bonchev–Trinajstić information content (AvgIpc) is 2.34. The van der Waals surface area contributed by atoms with Crippen LogP contribution in [0.5, 0.6) is 0 Å². The van der Waals surface area contributed by atoms with Gasteiger partial charge in [-0.2, -0.15) is 0 Å². The van der Waals surface area contributed by atoms with E-state index in [0.717, 1.165) is 19.1 Å². The topological polar surface area (TPSA) is 18.5 Å². The molecule has 1 saturated heterocycles. The number of piperazine rings is 1. The van der Waals surface area contributed by atoms with Crippen molar-refractivity contribution >= 4 is 0 Å². The van der Waals surface area contributed by atoms with Gasteiger partial charge in [-0.05, 0) is 40.2 Å². The Morgan fingerprint density at radius 1 is 1.06 bits per heavy atom. The first kappa shape index (κ1) is 15.9. The zero-order chi connectivity index (χ0) is 13.6. The maximum atomic E-state index is 3.57. The summed E-state index contributed by atoms with van der Waals surface area (Å²) in [6.45, 7) is 18.7. The molecule has 18 heavy (non-hydrogen) atoms. The van der Waals surface area contributed by atoms with Crippen molar-refractivity contribution in [2.24, 2.45) is 0 Å². The lowest BCUT2D eigenvalue weighted by molar-refractivity contribution is 0.0411. The Morgan fingerprint density at radius 2 is 1.67 bits per heavy atom. The second-order valence-corrected chi connectivity index (χ2v) is 6.46. The van der Waals surface area contributed by atoms with E-state index in [1.807, 2.05) is 0 Å². The molecule has 3 heteroatoms. The minimum atomic E-state index is 0.328. The number of rotatable bonds is 6. The lowest BCUT2D eigenvalue weighted by Gasteiger charge is -2.44. The molecule has 1 unspecified atom stereocenters. The van der Waals surface area contributed by atoms with E-state index in [-0.39, 0.29) is 0 Å². The molecule has 0 aromatic heterocycles. The minimum absolute atomic E-state index is 0.328. The van der Waals surface area contributed by atoms with Crippen LogP contribution in [0.4, 0.5) is 0 Å². The largest absolute Gasteiger partial charge is 0.315 e. The Bertz CT molecular complexity index is 214. The molecular weight excluding hydrogens is 222 g/mol. The van der Waals surface area contributed by atoms with Crippen LogP contribution in [0.2, 0.25) is 0 Å². The first-order chi connectivity index (χ1) is 8.49. The Hall–Kier alpha value is -0.120. The SMILES string of the molecule is CCCNCC(CC)N1CCN(C(C)(C)C)CC1. The molecule has 0 aliphatic carbocycles. The Balaban J connectivity index is 2.35. The van der Waals surface area contributed by atoms with E-state index in [0.29, 0.717) is 5.54 Å². The molecule has 0 aromatic carbocycles. The van der Waals surface area contributed by atoms with Gasteiger partial charge in [0.2, 0.25) is 0 Å². The van der Waals surface area contributed by atoms with Gasteiger partial charge in [0.05, 0.1) is 0 Å². The van der Waals surface area contributed by atoms with Crippen LogP contribution < -0.4 is 5.32 Å². The van der Waals surface area contributed by atoms with Crippen molar-refractivity contribution in [3.8, 4) is 0 Å². The van der Waals surface area contributed by atoms with Crippen LogP contribution in [-0.4, -0.2) is 60.6 Å². The standard InChI is InChI=1S/C15H33N3/c1-6-8-16-13-14(7-2)17-9-11-18(12-10-17)15(3,4)5/h14,16H,6-13H2,1-5H3. The molecule has 0 bridgehead atoms. The molecule has 1 aliphatic rings. The van der Waals surface area contributed by atoms with Crippen LogP contribution in [0.1, 0.15) is 47.5 Å². The van der Waals surface area contributed by atoms with Crippen molar-refractivity contribution in [1.29, 1.82) is 0 Å². The van der Waals surface area contributed by atoms with E-state index in [9.17, 15) is 0 Å². The number of hydrogen-bond acceptors (Lipinski definition) is 3. The molecule has 1 aliphatic heterocycles. The third kappa shape index (κ3) is 4.87. The number of nitrogens with one attached hydrogen (secondary N) is 1. The Morgan fingerprint density at radius 3 is 2.11 bits per heavy atom. The molecule has 1 fully saturated rings. The lowest BCUT2D eigenvalue weighted by Crippen LogP contribution is -2.56. The molecule has 3 nitrogen and oxygen atoms in total. The second kappa shape index (κ2) is 7.46. The van der Waals surface area contributed by atoms with Crippen molar-refractivity contribution in [3.05, 3.63) is 0 Å². The zero-order valence-electron chi connectivity index (χ0n) is 13.1. The Kier molecular flexibility index (Phi) is 6.61. The van der Waals surface area contributed by atoms with Gasteiger partial charge >= 0.3 is 0 Å². The fraction of sp³-hybridized carbons (Fsp3) is 1.00. The fourth-order valence-electron chi connectivity index (χ4n) is 2.73. The molecule has 0 spiro atoms. The minimum Gasteiger partial charge on any atom is -0.315 e. The van der Waals surface area contributed by atoms with Gasteiger partial charge in [0.1, 0.15) is 0 Å². The van der Waals surface area contributed by atoms with Gasteiger partial charge in [0.25, 0.3) is 0 Å². The molecule has 1 atom stereocenters. The maximum absolute atomic E-state index is 3.57. The monoisotopic (exact) mass is 255 g/mol. The van der Waals surface area contributed by atoms with Crippen LogP contribution in [0.25, 0.3) is 0 Å². The summed E-state index contributed by atoms with van der Waals surface area (Å²) in [5.41, 5.74) is 0.328. The van der Waals surface area contributed by atoms with E-state index in [2.05, 4.69) is 49.7 Å². The van der Waals surface area contributed by atoms with Crippen molar-refractivity contribution in [3.63, 3.8) is 0 Å². The summed E-state index contributed by atoms with van der Waals surface area (Å²) in [6.07, 6.45) is 2.49. The number of hydrogen-bond donors (Lipinski definition) is 1. The molecule has 0 amide bonds. The van der Waals surface area contributed by atoms with Crippen molar-refractivity contribution in [1.82, 2.24) is 15.1 Å². The predicted octanol–water partition coefficient (Wildman–Crippen LogP) is 2.18. The molecule has 108 valence electrons. The summed E-state index contributed by atoms with van der Waals surface area (Å²) in [6, 6.07) is 0.721. The first-order valence-corrected chi connectivity index (χ1v) is 7.68. The zero-order valence-corrected chi connectivity index (χ0v) is 13.1. The Labute approximate surface area is 114 Å². The smallest absolute Gasteiger partial charge is 0.0219 e.